The van der Waals surface area contributed by atoms with E-state index in [1.54, 1.807) is 0 Å². The van der Waals surface area contributed by atoms with Crippen molar-refractivity contribution in [1.82, 2.24) is 4.90 Å². The zero-order valence-electron chi connectivity index (χ0n) is 11.3. The lowest BCUT2D eigenvalue weighted by molar-refractivity contribution is -0.187. The minimum atomic E-state index is -0.299. The van der Waals surface area contributed by atoms with E-state index >= 15 is 0 Å². The zero-order chi connectivity index (χ0) is 13.1. The first-order valence-electron chi connectivity index (χ1n) is 7.10. The molecule has 0 bridgehead atoms. The molecule has 1 aromatic carbocycles. The van der Waals surface area contributed by atoms with Crippen LogP contribution in [0.15, 0.2) is 30.3 Å². The smallest absolute Gasteiger partial charge is 0.170 e. The van der Waals surface area contributed by atoms with Gasteiger partial charge in [-0.15, -0.1) is 0 Å². The molecule has 0 aliphatic carbocycles. The van der Waals surface area contributed by atoms with Gasteiger partial charge in [-0.05, 0) is 5.56 Å². The lowest BCUT2D eigenvalue weighted by Gasteiger charge is -2.41. The second-order valence-electron chi connectivity index (χ2n) is 5.31. The maximum absolute atomic E-state index is 5.98. The normalized spacial score (nSPS) is 24.7. The highest BCUT2D eigenvalue weighted by Gasteiger charge is 2.40. The van der Waals surface area contributed by atoms with Crippen molar-refractivity contribution in [3.8, 4) is 0 Å². The van der Waals surface area contributed by atoms with Gasteiger partial charge in [-0.2, -0.15) is 0 Å². The molecule has 4 nitrogen and oxygen atoms in total. The molecule has 1 aromatic rings. The topological polar surface area (TPSA) is 47.7 Å². The van der Waals surface area contributed by atoms with Gasteiger partial charge in [-0.25, -0.2) is 0 Å². The average molecular weight is 262 g/mol. The van der Waals surface area contributed by atoms with E-state index in [1.807, 2.05) is 6.07 Å². The van der Waals surface area contributed by atoms with Crippen LogP contribution in [0.1, 0.15) is 24.4 Å². The average Bonchev–Trinajstić information content (AvgIpc) is 2.92. The molecule has 0 saturated carbocycles. The van der Waals surface area contributed by atoms with Crippen LogP contribution in [0, 0.1) is 0 Å². The van der Waals surface area contributed by atoms with Gasteiger partial charge < -0.3 is 15.2 Å². The Labute approximate surface area is 114 Å². The summed E-state index contributed by atoms with van der Waals surface area (Å²) in [4.78, 5) is 2.45. The molecule has 2 N–H and O–H groups in total. The van der Waals surface area contributed by atoms with Crippen molar-refractivity contribution in [2.24, 2.45) is 5.73 Å². The van der Waals surface area contributed by atoms with Crippen LogP contribution in [-0.4, -0.2) is 43.5 Å². The molecule has 0 aromatic heterocycles. The molecule has 104 valence electrons. The van der Waals surface area contributed by atoms with E-state index in [-0.39, 0.29) is 5.79 Å². The molecule has 2 aliphatic rings. The molecule has 2 fully saturated rings. The Morgan fingerprint density at radius 1 is 1.11 bits per heavy atom. The van der Waals surface area contributed by atoms with E-state index in [4.69, 9.17) is 15.2 Å². The molecule has 2 saturated heterocycles. The van der Waals surface area contributed by atoms with E-state index in [0.29, 0.717) is 12.6 Å². The monoisotopic (exact) mass is 262 g/mol. The molecule has 1 unspecified atom stereocenters. The molecule has 2 aliphatic heterocycles. The predicted molar refractivity (Wildman–Crippen MR) is 73.7 cm³/mol. The molecule has 0 radical (unpaired) electrons. The summed E-state index contributed by atoms with van der Waals surface area (Å²) in [7, 11) is 0. The summed E-state index contributed by atoms with van der Waals surface area (Å²) in [6.45, 7) is 4.09. The SMILES string of the molecule is NCC(c1ccccc1)N1CCC2(CC1)OCCO2. The van der Waals surface area contributed by atoms with Crippen molar-refractivity contribution in [3.63, 3.8) is 0 Å². The number of hydrogen-bond acceptors (Lipinski definition) is 4. The van der Waals surface area contributed by atoms with Crippen LogP contribution < -0.4 is 5.73 Å². The number of benzene rings is 1. The number of nitrogens with two attached hydrogens (primary N) is 1. The van der Waals surface area contributed by atoms with E-state index < -0.39 is 0 Å². The second-order valence-corrected chi connectivity index (χ2v) is 5.31. The highest BCUT2D eigenvalue weighted by Crippen LogP contribution is 2.34. The molecule has 19 heavy (non-hydrogen) atoms. The Morgan fingerprint density at radius 2 is 1.74 bits per heavy atom. The quantitative estimate of drug-likeness (QED) is 0.897. The third-order valence-electron chi connectivity index (χ3n) is 4.22. The Bertz CT molecular complexity index is 394. The summed E-state index contributed by atoms with van der Waals surface area (Å²) in [5.41, 5.74) is 7.28. The summed E-state index contributed by atoms with van der Waals surface area (Å²) in [6.07, 6.45) is 1.88. The van der Waals surface area contributed by atoms with E-state index in [0.717, 1.165) is 39.1 Å². The third kappa shape index (κ3) is 2.67. The van der Waals surface area contributed by atoms with Crippen molar-refractivity contribution in [1.29, 1.82) is 0 Å². The van der Waals surface area contributed by atoms with Crippen molar-refractivity contribution < 1.29 is 9.47 Å². The highest BCUT2D eigenvalue weighted by molar-refractivity contribution is 5.19. The van der Waals surface area contributed by atoms with Gasteiger partial charge >= 0.3 is 0 Å². The fourth-order valence-electron chi connectivity index (χ4n) is 3.13. The lowest BCUT2D eigenvalue weighted by atomic mass is 9.98. The van der Waals surface area contributed by atoms with Gasteiger partial charge in [-0.3, -0.25) is 4.90 Å². The standard InChI is InChI=1S/C15H22N2O2/c16-12-14(13-4-2-1-3-5-13)17-8-6-15(7-9-17)18-10-11-19-15/h1-5,14H,6-12,16H2. The molecule has 4 heteroatoms. The fraction of sp³-hybridized carbons (Fsp3) is 0.600. The molecule has 1 atom stereocenters. The number of piperidine rings is 1. The number of ether oxygens (including phenoxy) is 2. The fourth-order valence-corrected chi connectivity index (χ4v) is 3.13. The van der Waals surface area contributed by atoms with Gasteiger partial charge in [0.2, 0.25) is 0 Å². The van der Waals surface area contributed by atoms with Crippen LogP contribution in [0.25, 0.3) is 0 Å². The molecular weight excluding hydrogens is 240 g/mol. The third-order valence-corrected chi connectivity index (χ3v) is 4.22. The van der Waals surface area contributed by atoms with Crippen LogP contribution in [0.2, 0.25) is 0 Å². The van der Waals surface area contributed by atoms with Gasteiger partial charge in [-0.1, -0.05) is 30.3 Å². The van der Waals surface area contributed by atoms with Gasteiger partial charge in [0.1, 0.15) is 0 Å². The van der Waals surface area contributed by atoms with Crippen LogP contribution >= 0.6 is 0 Å². The van der Waals surface area contributed by atoms with Gasteiger partial charge in [0.15, 0.2) is 5.79 Å². The maximum Gasteiger partial charge on any atom is 0.170 e. The Morgan fingerprint density at radius 3 is 2.32 bits per heavy atom. The number of hydrogen-bond donors (Lipinski definition) is 1. The molecular formula is C15H22N2O2. The largest absolute Gasteiger partial charge is 0.347 e. The maximum atomic E-state index is 5.98. The molecule has 3 rings (SSSR count). The van der Waals surface area contributed by atoms with Crippen LogP contribution in [0.5, 0.6) is 0 Å². The molecule has 0 amide bonds. The van der Waals surface area contributed by atoms with Gasteiger partial charge in [0, 0.05) is 38.5 Å². The Hall–Kier alpha value is -0.940. The summed E-state index contributed by atoms with van der Waals surface area (Å²) >= 11 is 0. The molecule has 2 heterocycles. The van der Waals surface area contributed by atoms with E-state index in [9.17, 15) is 0 Å². The van der Waals surface area contributed by atoms with Crippen LogP contribution in [-0.2, 0) is 9.47 Å². The van der Waals surface area contributed by atoms with Crippen molar-refractivity contribution >= 4 is 0 Å². The minimum Gasteiger partial charge on any atom is -0.347 e. The number of likely N-dealkylation sites (tertiary alicyclic amines) is 1. The van der Waals surface area contributed by atoms with Crippen molar-refractivity contribution in [2.75, 3.05) is 32.8 Å². The van der Waals surface area contributed by atoms with E-state index in [1.165, 1.54) is 5.56 Å². The summed E-state index contributed by atoms with van der Waals surface area (Å²) in [6, 6.07) is 10.8. The van der Waals surface area contributed by atoms with Crippen LogP contribution in [0.3, 0.4) is 0 Å². The number of rotatable bonds is 3. The second kappa shape index (κ2) is 5.59. The minimum absolute atomic E-state index is 0.299. The summed E-state index contributed by atoms with van der Waals surface area (Å²) < 4.78 is 11.5. The summed E-state index contributed by atoms with van der Waals surface area (Å²) in [5.74, 6) is -0.299. The Kier molecular flexibility index (Phi) is 3.84. The van der Waals surface area contributed by atoms with Crippen molar-refractivity contribution in [3.05, 3.63) is 35.9 Å². The predicted octanol–water partition coefficient (Wildman–Crippen LogP) is 1.53. The first kappa shape index (κ1) is 13.1. The highest BCUT2D eigenvalue weighted by atomic mass is 16.7. The Balaban J connectivity index is 1.66. The first-order valence-corrected chi connectivity index (χ1v) is 7.10. The van der Waals surface area contributed by atoms with Gasteiger partial charge in [0.05, 0.1) is 13.2 Å². The molecule has 1 spiro atoms. The zero-order valence-corrected chi connectivity index (χ0v) is 11.3. The first-order chi connectivity index (χ1) is 9.33. The van der Waals surface area contributed by atoms with Crippen LogP contribution in [0.4, 0.5) is 0 Å². The number of nitrogens with zero attached hydrogens (tertiary/aromatic N) is 1. The van der Waals surface area contributed by atoms with Gasteiger partial charge in [0.25, 0.3) is 0 Å². The lowest BCUT2D eigenvalue weighted by Crippen LogP contribution is -2.47. The van der Waals surface area contributed by atoms with Crippen molar-refractivity contribution in [2.45, 2.75) is 24.7 Å². The van der Waals surface area contributed by atoms with E-state index in [2.05, 4.69) is 29.2 Å². The summed E-state index contributed by atoms with van der Waals surface area (Å²) in [5, 5.41) is 0.